The predicted octanol–water partition coefficient (Wildman–Crippen LogP) is 9.31. The number of hydrogen-bond acceptors (Lipinski definition) is 4. The van der Waals surface area contributed by atoms with Crippen molar-refractivity contribution in [3.8, 4) is 0 Å². The Bertz CT molecular complexity index is 666. The minimum atomic E-state index is -0.448. The highest BCUT2D eigenvalue weighted by Crippen LogP contribution is 2.16. The minimum Gasteiger partial charge on any atom is -0.462 e. The van der Waals surface area contributed by atoms with Crippen LogP contribution in [0.4, 0.5) is 0 Å². The second-order valence-electron chi connectivity index (χ2n) is 9.91. The van der Waals surface area contributed by atoms with Crippen LogP contribution in [0, 0.1) is 5.92 Å². The Hall–Kier alpha value is -1.84. The van der Waals surface area contributed by atoms with E-state index in [0.29, 0.717) is 30.3 Å². The van der Waals surface area contributed by atoms with Crippen LogP contribution < -0.4 is 0 Å². The van der Waals surface area contributed by atoms with Gasteiger partial charge in [-0.15, -0.1) is 0 Å². The van der Waals surface area contributed by atoms with E-state index in [2.05, 4.69) is 20.8 Å². The maximum atomic E-state index is 12.5. The smallest absolute Gasteiger partial charge is 0.339 e. The van der Waals surface area contributed by atoms with Crippen LogP contribution in [0.3, 0.4) is 0 Å². The van der Waals surface area contributed by atoms with E-state index in [9.17, 15) is 9.59 Å². The molecule has 1 rings (SSSR count). The molecule has 0 fully saturated rings. The van der Waals surface area contributed by atoms with Gasteiger partial charge in [-0.2, -0.15) is 0 Å². The number of carbonyl (C=O) groups excluding carboxylic acids is 2. The predicted molar refractivity (Wildman–Crippen MR) is 146 cm³/mol. The average Bonchev–Trinajstić information content (AvgIpc) is 2.88. The zero-order valence-corrected chi connectivity index (χ0v) is 23.0. The molecule has 0 heterocycles. The van der Waals surface area contributed by atoms with Crippen molar-refractivity contribution in [1.82, 2.24) is 0 Å². The van der Waals surface area contributed by atoms with E-state index in [0.717, 1.165) is 25.7 Å². The molecule has 0 atom stereocenters. The van der Waals surface area contributed by atoms with E-state index in [1.54, 1.807) is 24.3 Å². The summed E-state index contributed by atoms with van der Waals surface area (Å²) in [5, 5.41) is 0. The first-order valence-corrected chi connectivity index (χ1v) is 14.6. The Morgan fingerprint density at radius 2 is 1.00 bits per heavy atom. The molecule has 0 aliphatic rings. The lowest BCUT2D eigenvalue weighted by Gasteiger charge is -2.14. The van der Waals surface area contributed by atoms with Gasteiger partial charge >= 0.3 is 11.9 Å². The largest absolute Gasteiger partial charge is 0.462 e. The lowest BCUT2D eigenvalue weighted by atomic mass is 10.0. The molecule has 35 heavy (non-hydrogen) atoms. The third kappa shape index (κ3) is 15.0. The molecule has 200 valence electrons. The fourth-order valence-electron chi connectivity index (χ4n) is 4.35. The van der Waals surface area contributed by atoms with Gasteiger partial charge in [-0.25, -0.2) is 9.59 Å². The SMILES string of the molecule is CCCCCCCCCCCCCCCCCOC(=O)c1ccccc1C(=O)OCC(CC)CC. The highest BCUT2D eigenvalue weighted by Gasteiger charge is 2.19. The van der Waals surface area contributed by atoms with E-state index >= 15 is 0 Å². The van der Waals surface area contributed by atoms with Crippen molar-refractivity contribution >= 4 is 11.9 Å². The second-order valence-corrected chi connectivity index (χ2v) is 9.91. The molecular formula is C31H52O4. The van der Waals surface area contributed by atoms with Crippen molar-refractivity contribution in [3.05, 3.63) is 35.4 Å². The van der Waals surface area contributed by atoms with Gasteiger partial charge in [-0.1, -0.05) is 136 Å². The van der Waals surface area contributed by atoms with Gasteiger partial charge in [-0.05, 0) is 24.5 Å². The monoisotopic (exact) mass is 488 g/mol. The maximum absolute atomic E-state index is 12.5. The Kier molecular flexibility index (Phi) is 19.1. The standard InChI is InChI=1S/C31H52O4/c1-4-7-8-9-10-11-12-13-14-15-16-17-18-19-22-25-34-30(32)28-23-20-21-24-29(28)31(33)35-26-27(5-2)6-3/h20-21,23-24,27H,4-19,22,25-26H2,1-3H3. The third-order valence-electron chi connectivity index (χ3n) is 6.95. The first kappa shape index (κ1) is 31.2. The van der Waals surface area contributed by atoms with Crippen LogP contribution in [0.25, 0.3) is 0 Å². The molecule has 0 aliphatic heterocycles. The highest BCUT2D eigenvalue weighted by molar-refractivity contribution is 6.03. The fourth-order valence-corrected chi connectivity index (χ4v) is 4.35. The summed E-state index contributed by atoms with van der Waals surface area (Å²) in [6.45, 7) is 7.23. The topological polar surface area (TPSA) is 52.6 Å². The summed E-state index contributed by atoms with van der Waals surface area (Å²) in [7, 11) is 0. The third-order valence-corrected chi connectivity index (χ3v) is 6.95. The summed E-state index contributed by atoms with van der Waals surface area (Å²) < 4.78 is 10.9. The molecule has 0 aromatic heterocycles. The molecule has 1 aromatic carbocycles. The highest BCUT2D eigenvalue weighted by atomic mass is 16.5. The van der Waals surface area contributed by atoms with Crippen molar-refractivity contribution in [3.63, 3.8) is 0 Å². The van der Waals surface area contributed by atoms with Crippen molar-refractivity contribution in [1.29, 1.82) is 0 Å². The number of ether oxygens (including phenoxy) is 2. The molecule has 0 N–H and O–H groups in total. The van der Waals surface area contributed by atoms with Crippen molar-refractivity contribution in [2.45, 2.75) is 130 Å². The molecule has 0 unspecified atom stereocenters. The molecule has 4 heteroatoms. The molecule has 0 aliphatic carbocycles. The first-order chi connectivity index (χ1) is 17.1. The van der Waals surface area contributed by atoms with Gasteiger partial charge < -0.3 is 9.47 Å². The number of benzene rings is 1. The van der Waals surface area contributed by atoms with Gasteiger partial charge in [0, 0.05) is 0 Å². The van der Waals surface area contributed by atoms with Gasteiger partial charge in [0.1, 0.15) is 0 Å². The molecule has 0 bridgehead atoms. The fraction of sp³-hybridized carbons (Fsp3) is 0.742. The quantitative estimate of drug-likeness (QED) is 0.120. The van der Waals surface area contributed by atoms with E-state index in [1.807, 2.05) is 0 Å². The Balaban J connectivity index is 2.10. The van der Waals surface area contributed by atoms with Gasteiger partial charge in [0.05, 0.1) is 24.3 Å². The molecule has 0 amide bonds. The normalized spacial score (nSPS) is 11.1. The van der Waals surface area contributed by atoms with E-state index in [-0.39, 0.29) is 0 Å². The Labute approximate surface area is 215 Å². The van der Waals surface area contributed by atoms with Gasteiger partial charge in [0.2, 0.25) is 0 Å². The van der Waals surface area contributed by atoms with Crippen LogP contribution in [-0.2, 0) is 9.47 Å². The number of unbranched alkanes of at least 4 members (excludes halogenated alkanes) is 14. The summed E-state index contributed by atoms with van der Waals surface area (Å²) in [5.74, 6) is -0.537. The first-order valence-electron chi connectivity index (χ1n) is 14.6. The number of esters is 2. The van der Waals surface area contributed by atoms with Crippen LogP contribution in [0.2, 0.25) is 0 Å². The van der Waals surface area contributed by atoms with Crippen LogP contribution >= 0.6 is 0 Å². The van der Waals surface area contributed by atoms with Crippen LogP contribution in [0.1, 0.15) is 151 Å². The molecule has 0 saturated carbocycles. The lowest BCUT2D eigenvalue weighted by molar-refractivity contribution is 0.0408. The van der Waals surface area contributed by atoms with Gasteiger partial charge in [0.25, 0.3) is 0 Å². The summed E-state index contributed by atoms with van der Waals surface area (Å²) in [5.41, 5.74) is 0.586. The molecule has 0 radical (unpaired) electrons. The summed E-state index contributed by atoms with van der Waals surface area (Å²) >= 11 is 0. The molecule has 0 spiro atoms. The van der Waals surface area contributed by atoms with Crippen LogP contribution in [0.5, 0.6) is 0 Å². The Morgan fingerprint density at radius 3 is 1.43 bits per heavy atom. The van der Waals surface area contributed by atoms with E-state index in [4.69, 9.17) is 9.47 Å². The molecule has 1 aromatic rings. The van der Waals surface area contributed by atoms with Crippen molar-refractivity contribution in [2.75, 3.05) is 13.2 Å². The van der Waals surface area contributed by atoms with E-state index < -0.39 is 11.9 Å². The summed E-state index contributed by atoms with van der Waals surface area (Å²) in [6, 6.07) is 6.78. The lowest BCUT2D eigenvalue weighted by Crippen LogP contribution is -2.17. The second kappa shape index (κ2) is 21.4. The van der Waals surface area contributed by atoms with Crippen molar-refractivity contribution in [2.24, 2.45) is 5.92 Å². The van der Waals surface area contributed by atoms with Gasteiger partial charge in [-0.3, -0.25) is 0 Å². The van der Waals surface area contributed by atoms with Crippen LogP contribution in [-0.4, -0.2) is 25.2 Å². The number of hydrogen-bond donors (Lipinski definition) is 0. The van der Waals surface area contributed by atoms with E-state index in [1.165, 1.54) is 83.5 Å². The summed E-state index contributed by atoms with van der Waals surface area (Å²) in [6.07, 6.45) is 21.5. The minimum absolute atomic E-state index is 0.292. The zero-order valence-electron chi connectivity index (χ0n) is 23.0. The Morgan fingerprint density at radius 1 is 0.600 bits per heavy atom. The number of rotatable bonds is 22. The molecule has 0 saturated heterocycles. The van der Waals surface area contributed by atoms with Crippen LogP contribution in [0.15, 0.2) is 24.3 Å². The maximum Gasteiger partial charge on any atom is 0.339 e. The summed E-state index contributed by atoms with van der Waals surface area (Å²) in [4.78, 5) is 25.0. The molecular weight excluding hydrogens is 436 g/mol. The zero-order chi connectivity index (χ0) is 25.6. The molecule has 4 nitrogen and oxygen atoms in total. The number of carbonyl (C=O) groups is 2. The van der Waals surface area contributed by atoms with Gasteiger partial charge in [0.15, 0.2) is 0 Å². The van der Waals surface area contributed by atoms with Crippen molar-refractivity contribution < 1.29 is 19.1 Å². The average molecular weight is 489 g/mol.